The largest absolute Gasteiger partial charge is 0.458 e. The summed E-state index contributed by atoms with van der Waals surface area (Å²) in [4.78, 5) is 7.59. The van der Waals surface area contributed by atoms with Crippen molar-refractivity contribution < 1.29 is 4.74 Å². The molecular formula is C80H52B2N4O. The van der Waals surface area contributed by atoms with Crippen LogP contribution in [0, 0.1) is 0 Å². The fourth-order valence-corrected chi connectivity index (χ4v) is 14.9. The molecule has 5 heterocycles. The summed E-state index contributed by atoms with van der Waals surface area (Å²) in [6.45, 7) is -0.320. The van der Waals surface area contributed by atoms with Crippen LogP contribution < -0.4 is 52.2 Å². The highest BCUT2D eigenvalue weighted by Crippen LogP contribution is 2.52. The van der Waals surface area contributed by atoms with Crippen molar-refractivity contribution in [3.8, 4) is 61.8 Å². The van der Waals surface area contributed by atoms with E-state index >= 15 is 0 Å². The van der Waals surface area contributed by atoms with Gasteiger partial charge in [0.1, 0.15) is 11.5 Å². The average Bonchev–Trinajstić information content (AvgIpc) is 2.85. The van der Waals surface area contributed by atoms with Gasteiger partial charge in [-0.25, -0.2) is 0 Å². The lowest BCUT2D eigenvalue weighted by Gasteiger charge is -2.46. The van der Waals surface area contributed by atoms with E-state index in [1.54, 1.807) is 0 Å². The molecule has 0 unspecified atom stereocenters. The van der Waals surface area contributed by atoms with E-state index in [2.05, 4.69) is 335 Å². The monoisotopic (exact) mass is 1110 g/mol. The molecule has 0 N–H and O–H groups in total. The van der Waals surface area contributed by atoms with Crippen molar-refractivity contribution in [3.05, 3.63) is 315 Å². The lowest BCUT2D eigenvalue weighted by Crippen LogP contribution is -2.64. The summed E-state index contributed by atoms with van der Waals surface area (Å²) in [5.41, 5.74) is 28.9. The number of anilines is 9. The second-order valence-electron chi connectivity index (χ2n) is 23.0. The minimum absolute atomic E-state index is 0.104. The van der Waals surface area contributed by atoms with Crippen molar-refractivity contribution in [1.29, 1.82) is 0 Å². The molecule has 1 aromatic heterocycles. The molecule has 5 nitrogen and oxygen atoms in total. The number of fused-ring (bicyclic) bond motifs is 9. The quantitative estimate of drug-likeness (QED) is 0.142. The number of ether oxygens (including phenoxy) is 1. The van der Waals surface area contributed by atoms with Gasteiger partial charge >= 0.3 is 0 Å². The smallest absolute Gasteiger partial charge is 0.256 e. The Kier molecular flexibility index (Phi) is 11.1. The van der Waals surface area contributed by atoms with Crippen LogP contribution in [0.25, 0.3) is 61.2 Å². The zero-order valence-corrected chi connectivity index (χ0v) is 47.4. The SMILES string of the molecule is c1ccc(-c2cccc(-c3ccccc3)c2N2c3cc4c(cc3B3c5ccc(-n6c(-c7ccccc7)c(-c7ccccc7)c7ccccc76)cc5Oc5cccc2c53)B2c3ccccc3N(c3ccccc3)c3cccc(c32)N4c2ccccc2)cc1. The van der Waals surface area contributed by atoms with E-state index in [4.69, 9.17) is 4.74 Å². The summed E-state index contributed by atoms with van der Waals surface area (Å²) in [5.74, 6) is 1.69. The fourth-order valence-electron chi connectivity index (χ4n) is 14.9. The van der Waals surface area contributed by atoms with Crippen LogP contribution in [0.2, 0.25) is 0 Å². The Hall–Kier alpha value is -11.3. The number of hydrogen-bond donors (Lipinski definition) is 0. The first-order valence-corrected chi connectivity index (χ1v) is 30.1. The van der Waals surface area contributed by atoms with Gasteiger partial charge in [0.05, 0.1) is 16.9 Å². The zero-order valence-electron chi connectivity index (χ0n) is 47.4. The first-order chi connectivity index (χ1) is 43.2. The van der Waals surface area contributed by atoms with Crippen LogP contribution in [0.1, 0.15) is 0 Å². The predicted molar refractivity (Wildman–Crippen MR) is 365 cm³/mol. The van der Waals surface area contributed by atoms with Crippen molar-refractivity contribution >= 4 is 108 Å². The van der Waals surface area contributed by atoms with Gasteiger partial charge in [-0.2, -0.15) is 0 Å². The number of hydrogen-bond acceptors (Lipinski definition) is 4. The van der Waals surface area contributed by atoms with Gasteiger partial charge < -0.3 is 24.0 Å². The van der Waals surface area contributed by atoms with Gasteiger partial charge in [0.15, 0.2) is 0 Å². The topological polar surface area (TPSA) is 23.9 Å². The van der Waals surface area contributed by atoms with Crippen molar-refractivity contribution in [3.63, 3.8) is 0 Å². The van der Waals surface area contributed by atoms with Crippen LogP contribution in [-0.2, 0) is 0 Å². The molecule has 0 fully saturated rings. The molecule has 14 aromatic rings. The third-order valence-electron chi connectivity index (χ3n) is 18.4. The highest BCUT2D eigenvalue weighted by molar-refractivity contribution is 7.02. The molecule has 0 amide bonds. The number of aromatic nitrogens is 1. The van der Waals surface area contributed by atoms with Crippen LogP contribution in [0.4, 0.5) is 51.2 Å². The molecule has 4 aliphatic heterocycles. The Balaban J connectivity index is 0.935. The maximum Gasteiger partial charge on any atom is 0.256 e. The second kappa shape index (κ2) is 19.7. The Labute approximate surface area is 506 Å². The first-order valence-electron chi connectivity index (χ1n) is 30.1. The minimum Gasteiger partial charge on any atom is -0.458 e. The molecule has 87 heavy (non-hydrogen) atoms. The van der Waals surface area contributed by atoms with E-state index in [9.17, 15) is 0 Å². The maximum atomic E-state index is 7.51. The normalized spacial score (nSPS) is 13.0. The summed E-state index contributed by atoms with van der Waals surface area (Å²) >= 11 is 0. The molecule has 0 saturated heterocycles. The molecule has 0 aliphatic carbocycles. The van der Waals surface area contributed by atoms with Gasteiger partial charge in [-0.3, -0.25) is 0 Å². The summed E-state index contributed by atoms with van der Waals surface area (Å²) in [5, 5.41) is 1.19. The fraction of sp³-hybridized carbons (Fsp3) is 0. The average molecular weight is 1110 g/mol. The van der Waals surface area contributed by atoms with Gasteiger partial charge in [0.2, 0.25) is 0 Å². The molecule has 0 saturated carbocycles. The molecule has 0 atom stereocenters. The standard InChI is InChI=1S/C80H52B2N4O/c1-7-26-53(27-8-1)60-39-23-40-61(54-28-9-2-10-29-54)80(60)86-71-46-25-47-74-78(71)82(64-49-48-59(50-75(64)87-74)85-67-42-21-19-38-62(67)76(55-30-11-3-12-31-55)79(85)56-32-13-4-14-33-56)66-51-65-72(52-73(66)86)84(58-36-17-6-18-37-58)70-45-24-44-69-77(70)81(65)63-41-20-22-43-68(63)83(69)57-34-15-5-16-35-57/h1-52H. The van der Waals surface area contributed by atoms with Crippen molar-refractivity contribution in [2.24, 2.45) is 0 Å². The van der Waals surface area contributed by atoms with E-state index in [-0.39, 0.29) is 13.4 Å². The number of benzene rings is 13. The van der Waals surface area contributed by atoms with E-state index < -0.39 is 0 Å². The Morgan fingerprint density at radius 1 is 0.276 bits per heavy atom. The third-order valence-corrected chi connectivity index (χ3v) is 18.4. The lowest BCUT2D eigenvalue weighted by molar-refractivity contribution is 0.487. The second-order valence-corrected chi connectivity index (χ2v) is 23.0. The molecule has 0 bridgehead atoms. The molecule has 13 aromatic carbocycles. The summed E-state index contributed by atoms with van der Waals surface area (Å²) in [6, 6.07) is 116. The molecule has 404 valence electrons. The third kappa shape index (κ3) is 7.49. The van der Waals surface area contributed by atoms with Crippen molar-refractivity contribution in [2.75, 3.05) is 14.7 Å². The number of rotatable bonds is 8. The Morgan fingerprint density at radius 2 is 0.759 bits per heavy atom. The minimum atomic E-state index is -0.217. The molecule has 4 aliphatic rings. The van der Waals surface area contributed by atoms with Crippen molar-refractivity contribution in [1.82, 2.24) is 4.57 Å². The number of para-hydroxylation sites is 5. The lowest BCUT2D eigenvalue weighted by atomic mass is 9.30. The van der Waals surface area contributed by atoms with E-state index in [0.29, 0.717) is 0 Å². The molecule has 0 radical (unpaired) electrons. The van der Waals surface area contributed by atoms with Gasteiger partial charge in [0.25, 0.3) is 13.4 Å². The molecule has 18 rings (SSSR count). The molecular weight excluding hydrogens is 1050 g/mol. The van der Waals surface area contributed by atoms with Crippen LogP contribution in [-0.4, -0.2) is 18.0 Å². The van der Waals surface area contributed by atoms with Gasteiger partial charge in [-0.1, -0.05) is 237 Å². The first kappa shape index (κ1) is 49.2. The Morgan fingerprint density at radius 3 is 1.40 bits per heavy atom. The zero-order chi connectivity index (χ0) is 57.1. The summed E-state index contributed by atoms with van der Waals surface area (Å²) in [7, 11) is 0. The molecule has 7 heteroatoms. The Bertz CT molecular complexity index is 4980. The van der Waals surface area contributed by atoms with Gasteiger partial charge in [0, 0.05) is 79.3 Å². The van der Waals surface area contributed by atoms with Crippen LogP contribution in [0.3, 0.4) is 0 Å². The van der Waals surface area contributed by atoms with Gasteiger partial charge in [-0.05, 0) is 128 Å². The number of nitrogens with zero attached hydrogens (tertiary/aromatic N) is 4. The summed E-state index contributed by atoms with van der Waals surface area (Å²) in [6.07, 6.45) is 0. The highest BCUT2D eigenvalue weighted by Gasteiger charge is 2.48. The van der Waals surface area contributed by atoms with Gasteiger partial charge in [-0.15, -0.1) is 0 Å². The van der Waals surface area contributed by atoms with Crippen molar-refractivity contribution in [2.45, 2.75) is 0 Å². The molecule has 0 spiro atoms. The van der Waals surface area contributed by atoms with E-state index in [1.807, 2.05) is 0 Å². The van der Waals surface area contributed by atoms with Crippen LogP contribution in [0.15, 0.2) is 315 Å². The maximum absolute atomic E-state index is 7.51. The summed E-state index contributed by atoms with van der Waals surface area (Å²) < 4.78 is 9.96. The van der Waals surface area contributed by atoms with Crippen LogP contribution in [0.5, 0.6) is 11.5 Å². The predicted octanol–water partition coefficient (Wildman–Crippen LogP) is 16.8. The van der Waals surface area contributed by atoms with E-state index in [0.717, 1.165) is 107 Å². The van der Waals surface area contributed by atoms with E-state index in [1.165, 1.54) is 49.7 Å². The highest BCUT2D eigenvalue weighted by atomic mass is 16.5. The van der Waals surface area contributed by atoms with Crippen LogP contribution >= 0.6 is 0 Å².